The van der Waals surface area contributed by atoms with Gasteiger partial charge in [-0.05, 0) is 99.6 Å². The minimum absolute atomic E-state index is 0.179. The third kappa shape index (κ3) is 4.01. The Morgan fingerprint density at radius 1 is 0.943 bits per heavy atom. The van der Waals surface area contributed by atoms with E-state index in [9.17, 15) is 4.39 Å². The van der Waals surface area contributed by atoms with Gasteiger partial charge in [-0.15, -0.1) is 0 Å². The summed E-state index contributed by atoms with van der Waals surface area (Å²) in [6.07, 6.45) is 1.80. The molecule has 0 radical (unpaired) electrons. The lowest BCUT2D eigenvalue weighted by Crippen LogP contribution is -2.30. The maximum Gasteiger partial charge on any atom is 0.174 e. The van der Waals surface area contributed by atoms with Crippen molar-refractivity contribution in [3.05, 3.63) is 111 Å². The van der Waals surface area contributed by atoms with Crippen molar-refractivity contribution in [2.45, 2.75) is 39.8 Å². The normalized spacial score (nSPS) is 17.7. The molecule has 0 bridgehead atoms. The van der Waals surface area contributed by atoms with Crippen molar-refractivity contribution in [1.29, 1.82) is 0 Å². The van der Waals surface area contributed by atoms with Gasteiger partial charge in [-0.2, -0.15) is 0 Å². The summed E-state index contributed by atoms with van der Waals surface area (Å²) in [6.45, 7) is 8.16. The van der Waals surface area contributed by atoms with E-state index in [1.807, 2.05) is 42.5 Å². The molecule has 1 aliphatic heterocycles. The van der Waals surface area contributed by atoms with Crippen LogP contribution < -0.4 is 10.2 Å². The van der Waals surface area contributed by atoms with Crippen molar-refractivity contribution in [2.75, 3.05) is 4.90 Å². The van der Waals surface area contributed by atoms with Gasteiger partial charge in [-0.3, -0.25) is 4.98 Å². The van der Waals surface area contributed by atoms with Crippen molar-refractivity contribution in [2.24, 2.45) is 0 Å². The number of aryl methyl sites for hydroxylation is 1. The van der Waals surface area contributed by atoms with Crippen LogP contribution in [0.3, 0.4) is 0 Å². The number of hydrogen-bond donors (Lipinski definition) is 1. The third-order valence-electron chi connectivity index (χ3n) is 6.89. The predicted octanol–water partition coefficient (Wildman–Crippen LogP) is 7.08. The standard InChI is InChI=1S/C28H26ClFN4S/c1-16-14-22(11-12-23(16)30)34-27(26(32-28(34)35)24-10-5-6-13-31-24)25-17(2)18(3)33(19(25)4)21-9-7-8-20(29)15-21/h5-15,26-27H,1-4H3,(H,32,35)/t26-,27+/m1/s1. The molecule has 0 spiro atoms. The van der Waals surface area contributed by atoms with Gasteiger partial charge in [0.15, 0.2) is 5.11 Å². The molecule has 1 aliphatic rings. The molecular formula is C28H26ClFN4S. The van der Waals surface area contributed by atoms with Gasteiger partial charge in [0.25, 0.3) is 0 Å². The zero-order valence-electron chi connectivity index (χ0n) is 20.0. The molecule has 0 saturated carbocycles. The highest BCUT2D eigenvalue weighted by Gasteiger charge is 2.43. The third-order valence-corrected chi connectivity index (χ3v) is 7.44. The summed E-state index contributed by atoms with van der Waals surface area (Å²) in [5, 5.41) is 4.78. The number of nitrogens with zero attached hydrogens (tertiary/aromatic N) is 3. The molecule has 1 saturated heterocycles. The number of anilines is 1. The van der Waals surface area contributed by atoms with Crippen LogP contribution in [-0.2, 0) is 0 Å². The number of aromatic nitrogens is 2. The van der Waals surface area contributed by atoms with Crippen molar-refractivity contribution in [1.82, 2.24) is 14.9 Å². The number of halogens is 2. The van der Waals surface area contributed by atoms with E-state index in [0.717, 1.165) is 34.0 Å². The van der Waals surface area contributed by atoms with Crippen LogP contribution in [0.1, 0.15) is 45.9 Å². The number of thiocarbonyl (C=S) groups is 1. The van der Waals surface area contributed by atoms with Gasteiger partial charge in [0.1, 0.15) is 5.82 Å². The largest absolute Gasteiger partial charge is 0.351 e. The first-order valence-corrected chi connectivity index (χ1v) is 12.3. The smallest absolute Gasteiger partial charge is 0.174 e. The summed E-state index contributed by atoms with van der Waals surface area (Å²) in [4.78, 5) is 6.75. The summed E-state index contributed by atoms with van der Waals surface area (Å²) in [7, 11) is 0. The first-order valence-electron chi connectivity index (χ1n) is 11.5. The lowest BCUT2D eigenvalue weighted by Gasteiger charge is -2.29. The van der Waals surface area contributed by atoms with Crippen LogP contribution >= 0.6 is 23.8 Å². The second kappa shape index (κ2) is 9.10. The molecule has 3 heterocycles. The van der Waals surface area contributed by atoms with Crippen molar-refractivity contribution in [3.8, 4) is 5.69 Å². The molecule has 178 valence electrons. The van der Waals surface area contributed by atoms with Crippen LogP contribution in [-0.4, -0.2) is 14.7 Å². The second-order valence-electron chi connectivity index (χ2n) is 8.95. The Hall–Kier alpha value is -3.22. The Balaban J connectivity index is 1.74. The van der Waals surface area contributed by atoms with E-state index in [-0.39, 0.29) is 17.9 Å². The molecule has 4 aromatic rings. The molecule has 2 aromatic heterocycles. The monoisotopic (exact) mass is 504 g/mol. The van der Waals surface area contributed by atoms with E-state index < -0.39 is 0 Å². The average Bonchev–Trinajstić information content (AvgIpc) is 3.28. The van der Waals surface area contributed by atoms with Crippen molar-refractivity contribution >= 4 is 34.6 Å². The van der Waals surface area contributed by atoms with E-state index in [0.29, 0.717) is 15.7 Å². The van der Waals surface area contributed by atoms with Gasteiger partial charge >= 0.3 is 0 Å². The summed E-state index contributed by atoms with van der Waals surface area (Å²) < 4.78 is 16.4. The van der Waals surface area contributed by atoms with Crippen LogP contribution in [0, 0.1) is 33.5 Å². The quantitative estimate of drug-likeness (QED) is 0.301. The Morgan fingerprint density at radius 2 is 1.74 bits per heavy atom. The topological polar surface area (TPSA) is 33.1 Å². The van der Waals surface area contributed by atoms with Gasteiger partial charge in [-0.1, -0.05) is 23.7 Å². The van der Waals surface area contributed by atoms with Gasteiger partial charge in [-0.25, -0.2) is 4.39 Å². The highest BCUT2D eigenvalue weighted by Crippen LogP contribution is 2.45. The number of pyridine rings is 1. The first kappa shape index (κ1) is 23.5. The summed E-state index contributed by atoms with van der Waals surface area (Å²) in [6, 6.07) is 18.5. The molecule has 2 atom stereocenters. The molecule has 0 amide bonds. The van der Waals surface area contributed by atoms with Crippen LogP contribution in [0.25, 0.3) is 5.69 Å². The number of hydrogen-bond acceptors (Lipinski definition) is 2. The molecule has 7 heteroatoms. The van der Waals surface area contributed by atoms with E-state index in [4.69, 9.17) is 23.8 Å². The fourth-order valence-corrected chi connectivity index (χ4v) is 5.68. The maximum absolute atomic E-state index is 14.2. The van der Waals surface area contributed by atoms with Gasteiger partial charge < -0.3 is 14.8 Å². The average molecular weight is 505 g/mol. The molecular weight excluding hydrogens is 479 g/mol. The molecule has 0 unspecified atom stereocenters. The van der Waals surface area contributed by atoms with E-state index >= 15 is 0 Å². The number of rotatable bonds is 4. The zero-order valence-corrected chi connectivity index (χ0v) is 21.6. The molecule has 1 N–H and O–H groups in total. The van der Waals surface area contributed by atoms with Gasteiger partial charge in [0, 0.05) is 39.5 Å². The first-order chi connectivity index (χ1) is 16.8. The maximum atomic E-state index is 14.2. The van der Waals surface area contributed by atoms with Crippen molar-refractivity contribution in [3.63, 3.8) is 0 Å². The summed E-state index contributed by atoms with van der Waals surface area (Å²) >= 11 is 12.2. The zero-order chi connectivity index (χ0) is 24.9. The Bertz CT molecular complexity index is 1430. The summed E-state index contributed by atoms with van der Waals surface area (Å²) in [5.41, 5.74) is 7.89. The molecule has 2 aromatic carbocycles. The van der Waals surface area contributed by atoms with Crippen LogP contribution in [0.15, 0.2) is 66.9 Å². The molecule has 4 nitrogen and oxygen atoms in total. The lowest BCUT2D eigenvalue weighted by atomic mass is 9.93. The number of nitrogens with one attached hydrogen (secondary N) is 1. The van der Waals surface area contributed by atoms with Crippen LogP contribution in [0.4, 0.5) is 10.1 Å². The SMILES string of the molecule is Cc1cc(N2C(=S)N[C@H](c3ccccn3)[C@@H]2c2c(C)c(C)n(-c3cccc(Cl)c3)c2C)ccc1F. The Labute approximate surface area is 215 Å². The molecule has 35 heavy (non-hydrogen) atoms. The Kier molecular flexibility index (Phi) is 6.11. The highest BCUT2D eigenvalue weighted by atomic mass is 35.5. The minimum Gasteiger partial charge on any atom is -0.351 e. The van der Waals surface area contributed by atoms with E-state index in [1.165, 1.54) is 11.6 Å². The predicted molar refractivity (Wildman–Crippen MR) is 144 cm³/mol. The fourth-order valence-electron chi connectivity index (χ4n) is 5.15. The van der Waals surface area contributed by atoms with Crippen LogP contribution in [0.2, 0.25) is 5.02 Å². The van der Waals surface area contributed by atoms with Crippen LogP contribution in [0.5, 0.6) is 0 Å². The minimum atomic E-state index is -0.236. The van der Waals surface area contributed by atoms with E-state index in [1.54, 1.807) is 19.2 Å². The second-order valence-corrected chi connectivity index (χ2v) is 9.78. The lowest BCUT2D eigenvalue weighted by molar-refractivity contribution is 0.563. The fraction of sp³-hybridized carbons (Fsp3) is 0.214. The Morgan fingerprint density at radius 3 is 2.43 bits per heavy atom. The molecule has 0 aliphatic carbocycles. The summed E-state index contributed by atoms with van der Waals surface area (Å²) in [5.74, 6) is -0.236. The molecule has 1 fully saturated rings. The van der Waals surface area contributed by atoms with E-state index in [2.05, 4.69) is 46.6 Å². The van der Waals surface area contributed by atoms with Crippen molar-refractivity contribution < 1.29 is 4.39 Å². The van der Waals surface area contributed by atoms with Gasteiger partial charge in [0.2, 0.25) is 0 Å². The van der Waals surface area contributed by atoms with Gasteiger partial charge in [0.05, 0.1) is 17.8 Å². The number of benzene rings is 2. The molecule has 5 rings (SSSR count). The highest BCUT2D eigenvalue weighted by molar-refractivity contribution is 7.80.